The molecule has 0 saturated heterocycles. The first-order valence-electron chi connectivity index (χ1n) is 3.53. The summed E-state index contributed by atoms with van der Waals surface area (Å²) in [7, 11) is 0. The van der Waals surface area contributed by atoms with Crippen molar-refractivity contribution in [1.82, 2.24) is 0 Å². The molecule has 0 spiro atoms. The number of hydrogen-bond donors (Lipinski definition) is 2. The highest BCUT2D eigenvalue weighted by Crippen LogP contribution is 2.31. The van der Waals surface area contributed by atoms with E-state index in [2.05, 4.69) is 0 Å². The molecule has 0 aliphatic carbocycles. The summed E-state index contributed by atoms with van der Waals surface area (Å²) in [6.45, 7) is 0. The molecule has 0 radical (unpaired) electrons. The maximum Gasteiger partial charge on any atom is 0.416 e. The molecule has 0 aliphatic heterocycles. The molecule has 6 heteroatoms. The fourth-order valence-corrected chi connectivity index (χ4v) is 1.14. The summed E-state index contributed by atoms with van der Waals surface area (Å²) in [5.41, 5.74) is 4.11. The molecule has 0 saturated carbocycles. The molecule has 1 aromatic carbocycles. The van der Waals surface area contributed by atoms with Crippen LogP contribution in [0.3, 0.4) is 0 Å². The van der Waals surface area contributed by atoms with Crippen LogP contribution < -0.4 is 5.73 Å². The molecule has 14 heavy (non-hydrogen) atoms. The third-order valence-corrected chi connectivity index (χ3v) is 1.75. The molecule has 0 heterocycles. The number of amidine groups is 1. The van der Waals surface area contributed by atoms with Crippen LogP contribution >= 0.6 is 11.6 Å². The third-order valence-electron chi connectivity index (χ3n) is 1.54. The monoisotopic (exact) mass is 222 g/mol. The number of hydrogen-bond acceptors (Lipinski definition) is 1. The van der Waals surface area contributed by atoms with E-state index in [1.165, 1.54) is 6.07 Å². The Kier molecular flexibility index (Phi) is 2.71. The average molecular weight is 223 g/mol. The zero-order chi connectivity index (χ0) is 10.9. The van der Waals surface area contributed by atoms with Gasteiger partial charge in [0.15, 0.2) is 0 Å². The third kappa shape index (κ3) is 2.38. The van der Waals surface area contributed by atoms with E-state index in [1.54, 1.807) is 0 Å². The van der Waals surface area contributed by atoms with E-state index in [-0.39, 0.29) is 10.6 Å². The first kappa shape index (κ1) is 10.8. The van der Waals surface area contributed by atoms with Crippen LogP contribution in [0.1, 0.15) is 11.1 Å². The Bertz CT molecular complexity index is 373. The van der Waals surface area contributed by atoms with Gasteiger partial charge in [0, 0.05) is 10.6 Å². The van der Waals surface area contributed by atoms with Gasteiger partial charge < -0.3 is 5.73 Å². The number of alkyl halides is 3. The molecule has 0 atom stereocenters. The van der Waals surface area contributed by atoms with Gasteiger partial charge in [0.25, 0.3) is 0 Å². The van der Waals surface area contributed by atoms with E-state index in [4.69, 9.17) is 22.7 Å². The SMILES string of the molecule is N=C(N)c1cc(Cl)cc(C(F)(F)F)c1. The van der Waals surface area contributed by atoms with Crippen LogP contribution in [-0.4, -0.2) is 5.84 Å². The van der Waals surface area contributed by atoms with Gasteiger partial charge in [-0.25, -0.2) is 0 Å². The first-order chi connectivity index (χ1) is 6.30. The van der Waals surface area contributed by atoms with Crippen molar-refractivity contribution in [3.05, 3.63) is 34.3 Å². The average Bonchev–Trinajstić information content (AvgIpc) is 2.01. The van der Waals surface area contributed by atoms with Crippen LogP contribution in [0.25, 0.3) is 0 Å². The predicted molar refractivity (Wildman–Crippen MR) is 47.5 cm³/mol. The quantitative estimate of drug-likeness (QED) is 0.557. The maximum atomic E-state index is 12.2. The molecule has 0 bridgehead atoms. The molecule has 2 nitrogen and oxygen atoms in total. The molecule has 0 fully saturated rings. The van der Waals surface area contributed by atoms with Crippen molar-refractivity contribution in [3.63, 3.8) is 0 Å². The van der Waals surface area contributed by atoms with Crippen molar-refractivity contribution in [3.8, 4) is 0 Å². The Hall–Kier alpha value is -1.23. The first-order valence-corrected chi connectivity index (χ1v) is 3.90. The molecule has 0 aliphatic rings. The van der Waals surface area contributed by atoms with Gasteiger partial charge in [-0.2, -0.15) is 13.2 Å². The minimum absolute atomic E-state index is 0.0372. The number of nitrogen functional groups attached to an aromatic ring is 1. The topological polar surface area (TPSA) is 49.9 Å². The predicted octanol–water partition coefficient (Wildman–Crippen LogP) is 2.64. The highest BCUT2D eigenvalue weighted by Gasteiger charge is 2.31. The lowest BCUT2D eigenvalue weighted by Crippen LogP contribution is -2.13. The number of nitrogens with two attached hydrogens (primary N) is 1. The lowest BCUT2D eigenvalue weighted by Gasteiger charge is -2.08. The second-order valence-electron chi connectivity index (χ2n) is 2.64. The summed E-state index contributed by atoms with van der Waals surface area (Å²) in [5.74, 6) is -0.446. The largest absolute Gasteiger partial charge is 0.416 e. The number of benzene rings is 1. The van der Waals surface area contributed by atoms with E-state index in [1.807, 2.05) is 0 Å². The van der Waals surface area contributed by atoms with E-state index in [0.29, 0.717) is 0 Å². The molecular formula is C8H6ClF3N2. The molecule has 76 valence electrons. The molecule has 1 aromatic rings. The lowest BCUT2D eigenvalue weighted by atomic mass is 10.1. The van der Waals surface area contributed by atoms with Gasteiger partial charge in [-0.05, 0) is 18.2 Å². The number of halogens is 4. The van der Waals surface area contributed by atoms with Crippen LogP contribution in [0, 0.1) is 5.41 Å². The van der Waals surface area contributed by atoms with E-state index in [9.17, 15) is 13.2 Å². The Balaban J connectivity index is 3.28. The summed E-state index contributed by atoms with van der Waals surface area (Å²) >= 11 is 5.45. The van der Waals surface area contributed by atoms with Gasteiger partial charge in [-0.15, -0.1) is 0 Å². The Morgan fingerprint density at radius 2 is 1.86 bits per heavy atom. The van der Waals surface area contributed by atoms with Crippen molar-refractivity contribution < 1.29 is 13.2 Å². The van der Waals surface area contributed by atoms with Gasteiger partial charge in [0.2, 0.25) is 0 Å². The summed E-state index contributed by atoms with van der Waals surface area (Å²) < 4.78 is 36.7. The minimum Gasteiger partial charge on any atom is -0.384 e. The van der Waals surface area contributed by atoms with E-state index in [0.717, 1.165) is 12.1 Å². The van der Waals surface area contributed by atoms with Crippen LogP contribution in [0.5, 0.6) is 0 Å². The van der Waals surface area contributed by atoms with Crippen molar-refractivity contribution in [2.75, 3.05) is 0 Å². The Morgan fingerprint density at radius 1 is 1.29 bits per heavy atom. The number of rotatable bonds is 1. The molecule has 0 aromatic heterocycles. The standard InChI is InChI=1S/C8H6ClF3N2/c9-6-2-4(7(13)14)1-5(3-6)8(10,11)12/h1-3H,(H3,13,14). The summed E-state index contributed by atoms with van der Waals surface area (Å²) in [5, 5.41) is 6.89. The van der Waals surface area contributed by atoms with Crippen molar-refractivity contribution in [2.45, 2.75) is 6.18 Å². The van der Waals surface area contributed by atoms with E-state index < -0.39 is 17.6 Å². The summed E-state index contributed by atoms with van der Waals surface area (Å²) in [4.78, 5) is 0. The molecule has 0 amide bonds. The van der Waals surface area contributed by atoms with Crippen LogP contribution in [0.4, 0.5) is 13.2 Å². The fraction of sp³-hybridized carbons (Fsp3) is 0.125. The van der Waals surface area contributed by atoms with Gasteiger partial charge in [-0.1, -0.05) is 11.6 Å². The van der Waals surface area contributed by atoms with Crippen molar-refractivity contribution in [2.24, 2.45) is 5.73 Å². The second kappa shape index (κ2) is 3.49. The maximum absolute atomic E-state index is 12.2. The van der Waals surface area contributed by atoms with E-state index >= 15 is 0 Å². The van der Waals surface area contributed by atoms with Crippen LogP contribution in [0.2, 0.25) is 5.02 Å². The molecule has 0 unspecified atom stereocenters. The molecular weight excluding hydrogens is 217 g/mol. The lowest BCUT2D eigenvalue weighted by molar-refractivity contribution is -0.137. The Morgan fingerprint density at radius 3 is 2.29 bits per heavy atom. The highest BCUT2D eigenvalue weighted by atomic mass is 35.5. The van der Waals surface area contributed by atoms with Crippen molar-refractivity contribution >= 4 is 17.4 Å². The fourth-order valence-electron chi connectivity index (χ4n) is 0.909. The van der Waals surface area contributed by atoms with Gasteiger partial charge >= 0.3 is 6.18 Å². The molecule has 3 N–H and O–H groups in total. The Labute approximate surface area is 83.0 Å². The minimum atomic E-state index is -4.48. The van der Waals surface area contributed by atoms with Crippen LogP contribution in [-0.2, 0) is 6.18 Å². The van der Waals surface area contributed by atoms with Gasteiger partial charge in [-0.3, -0.25) is 5.41 Å². The summed E-state index contributed by atoms with van der Waals surface area (Å²) in [6.07, 6.45) is -4.48. The normalized spacial score (nSPS) is 11.4. The van der Waals surface area contributed by atoms with Gasteiger partial charge in [0.1, 0.15) is 5.84 Å². The van der Waals surface area contributed by atoms with Crippen LogP contribution in [0.15, 0.2) is 18.2 Å². The number of nitrogens with one attached hydrogen (secondary N) is 1. The van der Waals surface area contributed by atoms with Crippen molar-refractivity contribution in [1.29, 1.82) is 5.41 Å². The molecule has 1 rings (SSSR count). The second-order valence-corrected chi connectivity index (χ2v) is 3.08. The zero-order valence-electron chi connectivity index (χ0n) is 6.82. The summed E-state index contributed by atoms with van der Waals surface area (Å²) in [6, 6.07) is 2.78. The zero-order valence-corrected chi connectivity index (χ0v) is 7.58. The highest BCUT2D eigenvalue weighted by molar-refractivity contribution is 6.31. The van der Waals surface area contributed by atoms with Gasteiger partial charge in [0.05, 0.1) is 5.56 Å². The smallest absolute Gasteiger partial charge is 0.384 e.